The number of methoxy groups -OCH3 is 1. The first-order valence-electron chi connectivity index (χ1n) is 9.48. The molecule has 0 unspecified atom stereocenters. The molecule has 0 atom stereocenters. The van der Waals surface area contributed by atoms with Gasteiger partial charge in [0.1, 0.15) is 17.1 Å². The molecule has 3 aromatic rings. The highest BCUT2D eigenvalue weighted by atomic mass is 79.9. The molecule has 1 saturated heterocycles. The van der Waals surface area contributed by atoms with Crippen molar-refractivity contribution in [3.05, 3.63) is 82.2 Å². The number of hydrogen-bond acceptors (Lipinski definition) is 7. The van der Waals surface area contributed by atoms with Crippen LogP contribution in [0.15, 0.2) is 75.3 Å². The van der Waals surface area contributed by atoms with E-state index in [4.69, 9.17) is 13.9 Å². The largest absolute Gasteiger partial charge is 0.495 e. The molecule has 4 amide bonds. The van der Waals surface area contributed by atoms with Gasteiger partial charge in [0.2, 0.25) is 5.76 Å². The van der Waals surface area contributed by atoms with Crippen LogP contribution in [0.5, 0.6) is 11.5 Å². The summed E-state index contributed by atoms with van der Waals surface area (Å²) < 4.78 is 16.3. The van der Waals surface area contributed by atoms with Gasteiger partial charge in [0.05, 0.1) is 19.1 Å². The van der Waals surface area contributed by atoms with E-state index in [2.05, 4.69) is 21.2 Å². The van der Waals surface area contributed by atoms with E-state index in [9.17, 15) is 19.2 Å². The fourth-order valence-electron chi connectivity index (χ4n) is 3.12. The number of nitrogens with one attached hydrogen (secondary N) is 1. The van der Waals surface area contributed by atoms with Crippen LogP contribution in [0.2, 0.25) is 0 Å². The third-order valence-corrected chi connectivity index (χ3v) is 5.12. The first-order valence-corrected chi connectivity index (χ1v) is 10.3. The third-order valence-electron chi connectivity index (χ3n) is 4.62. The van der Waals surface area contributed by atoms with Crippen molar-refractivity contribution in [1.82, 2.24) is 5.32 Å². The Morgan fingerprint density at radius 3 is 2.58 bits per heavy atom. The van der Waals surface area contributed by atoms with Crippen LogP contribution in [0.4, 0.5) is 10.5 Å². The van der Waals surface area contributed by atoms with Gasteiger partial charge < -0.3 is 13.9 Å². The molecule has 2 heterocycles. The van der Waals surface area contributed by atoms with Crippen LogP contribution in [0.25, 0.3) is 6.08 Å². The molecule has 0 bridgehead atoms. The lowest BCUT2D eigenvalue weighted by molar-refractivity contribution is -0.122. The zero-order valence-corrected chi connectivity index (χ0v) is 18.6. The molecule has 1 aliphatic heterocycles. The fourth-order valence-corrected chi connectivity index (χ4v) is 3.49. The molecule has 4 rings (SSSR count). The van der Waals surface area contributed by atoms with Gasteiger partial charge in [0.25, 0.3) is 11.8 Å². The minimum absolute atomic E-state index is 0.0176. The number of carbonyl (C=O) groups excluding carboxylic acids is 4. The quantitative estimate of drug-likeness (QED) is 0.239. The summed E-state index contributed by atoms with van der Waals surface area (Å²) in [5.74, 6) is -2.18. The molecule has 0 radical (unpaired) electrons. The van der Waals surface area contributed by atoms with Gasteiger partial charge in [0, 0.05) is 10.0 Å². The van der Waals surface area contributed by atoms with Gasteiger partial charge >= 0.3 is 12.0 Å². The number of esters is 1. The van der Waals surface area contributed by atoms with Crippen molar-refractivity contribution >= 4 is 51.5 Å². The predicted molar refractivity (Wildman–Crippen MR) is 120 cm³/mol. The molecule has 9 nitrogen and oxygen atoms in total. The molecule has 0 saturated carbocycles. The lowest BCUT2D eigenvalue weighted by atomic mass is 10.1. The van der Waals surface area contributed by atoms with Gasteiger partial charge in [0.15, 0.2) is 0 Å². The maximum Gasteiger partial charge on any atom is 0.379 e. The lowest BCUT2D eigenvalue weighted by Crippen LogP contribution is -2.54. The average molecular weight is 511 g/mol. The van der Waals surface area contributed by atoms with E-state index < -0.39 is 23.8 Å². The second kappa shape index (κ2) is 9.13. The molecular weight excluding hydrogens is 496 g/mol. The lowest BCUT2D eigenvalue weighted by Gasteiger charge is -2.27. The van der Waals surface area contributed by atoms with E-state index in [-0.39, 0.29) is 34.1 Å². The second-order valence-electron chi connectivity index (χ2n) is 6.68. The molecule has 1 aliphatic rings. The van der Waals surface area contributed by atoms with Crippen LogP contribution in [0.3, 0.4) is 0 Å². The minimum Gasteiger partial charge on any atom is -0.495 e. The second-order valence-corrected chi connectivity index (χ2v) is 7.59. The summed E-state index contributed by atoms with van der Waals surface area (Å²) in [6, 6.07) is 13.1. The average Bonchev–Trinajstić information content (AvgIpc) is 3.33. The van der Waals surface area contributed by atoms with Gasteiger partial charge in [-0.2, -0.15) is 0 Å². The summed E-state index contributed by atoms with van der Waals surface area (Å²) in [6.45, 7) is 0. The number of rotatable bonds is 5. The number of nitrogens with zero attached hydrogens (tertiary/aromatic N) is 1. The molecule has 33 heavy (non-hydrogen) atoms. The summed E-state index contributed by atoms with van der Waals surface area (Å²) in [6.07, 6.45) is 2.57. The smallest absolute Gasteiger partial charge is 0.379 e. The molecule has 1 fully saturated rings. The number of amides is 4. The molecule has 2 aromatic carbocycles. The van der Waals surface area contributed by atoms with E-state index >= 15 is 0 Å². The van der Waals surface area contributed by atoms with Gasteiger partial charge in [-0.25, -0.2) is 14.5 Å². The molecule has 1 N–H and O–H groups in total. The Labute approximate surface area is 195 Å². The number of para-hydroxylation sites is 2. The maximum atomic E-state index is 13.2. The van der Waals surface area contributed by atoms with Crippen LogP contribution in [0.1, 0.15) is 16.1 Å². The number of furan rings is 1. The molecule has 0 aliphatic carbocycles. The fraction of sp³-hybridized carbons (Fsp3) is 0.0435. The van der Waals surface area contributed by atoms with Crippen molar-refractivity contribution in [2.45, 2.75) is 0 Å². The number of urea groups is 1. The van der Waals surface area contributed by atoms with E-state index in [0.29, 0.717) is 4.47 Å². The zero-order chi connectivity index (χ0) is 23.5. The van der Waals surface area contributed by atoms with Gasteiger partial charge in [-0.1, -0.05) is 28.1 Å². The number of hydrogen-bond donors (Lipinski definition) is 1. The molecule has 1 aromatic heterocycles. The Morgan fingerprint density at radius 2 is 1.85 bits per heavy atom. The van der Waals surface area contributed by atoms with Crippen molar-refractivity contribution in [1.29, 1.82) is 0 Å². The Hall–Kier alpha value is -4.18. The van der Waals surface area contributed by atoms with Crippen LogP contribution >= 0.6 is 15.9 Å². The monoisotopic (exact) mass is 510 g/mol. The summed E-state index contributed by atoms with van der Waals surface area (Å²) in [4.78, 5) is 51.4. The normalized spacial score (nSPS) is 14.9. The number of carbonyl (C=O) groups is 4. The Bertz CT molecular complexity index is 1300. The van der Waals surface area contributed by atoms with E-state index in [1.165, 1.54) is 43.7 Å². The SMILES string of the molecule is COc1ccccc1N1C(=O)NC(=O)/C(=C/c2cc(Br)ccc2OC(=O)c2ccco2)C1=O. The molecular formula is C23H15BrN2O7. The Balaban J connectivity index is 1.74. The van der Waals surface area contributed by atoms with Gasteiger partial charge in [-0.15, -0.1) is 0 Å². The minimum atomic E-state index is -0.912. The Morgan fingerprint density at radius 1 is 1.06 bits per heavy atom. The number of imide groups is 2. The van der Waals surface area contributed by atoms with Crippen LogP contribution in [-0.2, 0) is 9.59 Å². The van der Waals surface area contributed by atoms with E-state index in [1.807, 2.05) is 0 Å². The van der Waals surface area contributed by atoms with Crippen molar-refractivity contribution < 1.29 is 33.1 Å². The summed E-state index contributed by atoms with van der Waals surface area (Å²) in [5.41, 5.74) is 0.0747. The molecule has 0 spiro atoms. The van der Waals surface area contributed by atoms with E-state index in [0.717, 1.165) is 4.90 Å². The standard InChI is InChI=1S/C23H15BrN2O7/c1-31-18-6-3-2-5-16(18)26-21(28)15(20(27)25-23(26)30)12-13-11-14(24)8-9-17(13)33-22(29)19-7-4-10-32-19/h2-12H,1H3,(H,25,27,30)/b15-12-. The van der Waals surface area contributed by atoms with Gasteiger partial charge in [-0.3, -0.25) is 14.9 Å². The zero-order valence-electron chi connectivity index (χ0n) is 17.0. The summed E-state index contributed by atoms with van der Waals surface area (Å²) in [5, 5.41) is 2.15. The van der Waals surface area contributed by atoms with Gasteiger partial charge in [-0.05, 0) is 48.5 Å². The summed E-state index contributed by atoms with van der Waals surface area (Å²) in [7, 11) is 1.40. The van der Waals surface area contributed by atoms with Crippen molar-refractivity contribution in [2.75, 3.05) is 12.0 Å². The van der Waals surface area contributed by atoms with Crippen LogP contribution in [0, 0.1) is 0 Å². The van der Waals surface area contributed by atoms with Crippen LogP contribution in [-0.4, -0.2) is 30.9 Å². The number of halogens is 1. The molecule has 166 valence electrons. The third kappa shape index (κ3) is 4.41. The topological polar surface area (TPSA) is 115 Å². The number of ether oxygens (including phenoxy) is 2. The highest BCUT2D eigenvalue weighted by Gasteiger charge is 2.38. The van der Waals surface area contributed by atoms with Crippen LogP contribution < -0.4 is 19.7 Å². The number of anilines is 1. The highest BCUT2D eigenvalue weighted by Crippen LogP contribution is 2.32. The maximum absolute atomic E-state index is 13.2. The molecule has 10 heteroatoms. The van der Waals surface area contributed by atoms with E-state index in [1.54, 1.807) is 30.3 Å². The van der Waals surface area contributed by atoms with Crippen molar-refractivity contribution in [2.24, 2.45) is 0 Å². The first-order chi connectivity index (χ1) is 15.9. The number of barbiturate groups is 1. The number of benzene rings is 2. The Kier molecular flexibility index (Phi) is 6.09. The van der Waals surface area contributed by atoms with Crippen molar-refractivity contribution in [3.63, 3.8) is 0 Å². The first kappa shape index (κ1) is 22.0. The van der Waals surface area contributed by atoms with Crippen molar-refractivity contribution in [3.8, 4) is 11.5 Å². The summed E-state index contributed by atoms with van der Waals surface area (Å²) >= 11 is 3.32. The predicted octanol–water partition coefficient (Wildman–Crippen LogP) is 3.94. The highest BCUT2D eigenvalue weighted by molar-refractivity contribution is 9.10.